The van der Waals surface area contributed by atoms with Crippen LogP contribution >= 0.6 is 0 Å². The van der Waals surface area contributed by atoms with Gasteiger partial charge in [0.1, 0.15) is 0 Å². The highest BCUT2D eigenvalue weighted by Gasteiger charge is 2.15. The van der Waals surface area contributed by atoms with Crippen LogP contribution in [0.4, 0.5) is 5.69 Å². The molecule has 1 amide bonds. The molecule has 7 nitrogen and oxygen atoms in total. The van der Waals surface area contributed by atoms with E-state index in [1.807, 2.05) is 60.3 Å². The first-order valence-corrected chi connectivity index (χ1v) is 7.84. The molecule has 0 aliphatic rings. The Morgan fingerprint density at radius 2 is 1.96 bits per heavy atom. The molecular weight excluding hydrogens is 316 g/mol. The SMILES string of the molecule is Cc1nnnn1-c1ccccc1C(=O)Nc1ccc2c(ccn2C)c1. The number of hydrogen-bond acceptors (Lipinski definition) is 4. The first-order chi connectivity index (χ1) is 12.1. The standard InChI is InChI=1S/C18H16N6O/c1-12-20-21-22-24(12)17-6-4-3-5-15(17)18(25)19-14-7-8-16-13(11-14)9-10-23(16)2/h3-11H,1-2H3,(H,19,25). The van der Waals surface area contributed by atoms with Crippen LogP contribution in [-0.4, -0.2) is 30.7 Å². The van der Waals surface area contributed by atoms with Crippen molar-refractivity contribution >= 4 is 22.5 Å². The Hall–Kier alpha value is -3.48. The molecule has 0 bridgehead atoms. The van der Waals surface area contributed by atoms with Gasteiger partial charge in [0.2, 0.25) is 0 Å². The number of benzene rings is 2. The highest BCUT2D eigenvalue weighted by Crippen LogP contribution is 2.21. The van der Waals surface area contributed by atoms with Crippen LogP contribution in [0.15, 0.2) is 54.7 Å². The predicted molar refractivity (Wildman–Crippen MR) is 94.8 cm³/mol. The zero-order valence-electron chi connectivity index (χ0n) is 13.8. The summed E-state index contributed by atoms with van der Waals surface area (Å²) in [6.07, 6.45) is 1.99. The minimum Gasteiger partial charge on any atom is -0.351 e. The molecule has 2 aromatic carbocycles. The fourth-order valence-corrected chi connectivity index (χ4v) is 2.86. The third kappa shape index (κ3) is 2.65. The van der Waals surface area contributed by atoms with Gasteiger partial charge in [-0.1, -0.05) is 12.1 Å². The molecule has 0 radical (unpaired) electrons. The van der Waals surface area contributed by atoms with Gasteiger partial charge in [-0.3, -0.25) is 4.79 Å². The molecule has 2 aromatic heterocycles. The maximum atomic E-state index is 12.8. The molecule has 124 valence electrons. The summed E-state index contributed by atoms with van der Waals surface area (Å²) in [7, 11) is 1.99. The first-order valence-electron chi connectivity index (χ1n) is 7.84. The van der Waals surface area contributed by atoms with E-state index in [-0.39, 0.29) is 5.91 Å². The highest BCUT2D eigenvalue weighted by atomic mass is 16.1. The lowest BCUT2D eigenvalue weighted by Crippen LogP contribution is -2.16. The van der Waals surface area contributed by atoms with E-state index in [0.29, 0.717) is 17.1 Å². The van der Waals surface area contributed by atoms with E-state index in [1.165, 1.54) is 0 Å². The molecule has 1 N–H and O–H groups in total. The number of para-hydroxylation sites is 1. The van der Waals surface area contributed by atoms with Crippen molar-refractivity contribution in [2.24, 2.45) is 7.05 Å². The molecule has 0 atom stereocenters. The maximum absolute atomic E-state index is 12.8. The Balaban J connectivity index is 1.68. The van der Waals surface area contributed by atoms with Crippen molar-refractivity contribution in [3.63, 3.8) is 0 Å². The van der Waals surface area contributed by atoms with Crippen molar-refractivity contribution in [3.05, 3.63) is 66.1 Å². The lowest BCUT2D eigenvalue weighted by molar-refractivity contribution is 0.102. The van der Waals surface area contributed by atoms with Gasteiger partial charge in [-0.15, -0.1) is 5.10 Å². The van der Waals surface area contributed by atoms with Gasteiger partial charge in [-0.25, -0.2) is 0 Å². The van der Waals surface area contributed by atoms with Crippen LogP contribution in [-0.2, 0) is 7.05 Å². The van der Waals surface area contributed by atoms with Gasteiger partial charge in [0.15, 0.2) is 5.82 Å². The Morgan fingerprint density at radius 1 is 1.12 bits per heavy atom. The van der Waals surface area contributed by atoms with Crippen LogP contribution in [0.5, 0.6) is 0 Å². The Labute approximate surface area is 143 Å². The summed E-state index contributed by atoms with van der Waals surface area (Å²) in [5, 5.41) is 15.5. The number of rotatable bonds is 3. The van der Waals surface area contributed by atoms with Crippen LogP contribution in [0.3, 0.4) is 0 Å². The van der Waals surface area contributed by atoms with E-state index in [2.05, 4.69) is 20.8 Å². The largest absolute Gasteiger partial charge is 0.351 e. The van der Waals surface area contributed by atoms with Crippen LogP contribution in [0, 0.1) is 6.92 Å². The van der Waals surface area contributed by atoms with E-state index in [9.17, 15) is 4.79 Å². The second-order valence-corrected chi connectivity index (χ2v) is 5.81. The fraction of sp³-hybridized carbons (Fsp3) is 0.111. The number of aromatic nitrogens is 5. The Kier molecular flexibility index (Phi) is 3.53. The van der Waals surface area contributed by atoms with Crippen molar-refractivity contribution in [2.45, 2.75) is 6.92 Å². The van der Waals surface area contributed by atoms with E-state index in [0.717, 1.165) is 16.6 Å². The first kappa shape index (κ1) is 15.1. The lowest BCUT2D eigenvalue weighted by Gasteiger charge is -2.10. The highest BCUT2D eigenvalue weighted by molar-refractivity contribution is 6.07. The number of nitrogens with one attached hydrogen (secondary N) is 1. The lowest BCUT2D eigenvalue weighted by atomic mass is 10.1. The smallest absolute Gasteiger partial charge is 0.257 e. The molecule has 0 saturated heterocycles. The van der Waals surface area contributed by atoms with Crippen molar-refractivity contribution < 1.29 is 4.79 Å². The number of anilines is 1. The molecule has 0 aliphatic carbocycles. The summed E-state index contributed by atoms with van der Waals surface area (Å²) in [4.78, 5) is 12.8. The number of nitrogens with zero attached hydrogens (tertiary/aromatic N) is 5. The quantitative estimate of drug-likeness (QED) is 0.626. The average Bonchev–Trinajstić information content (AvgIpc) is 3.21. The zero-order chi connectivity index (χ0) is 17.4. The van der Waals surface area contributed by atoms with Crippen LogP contribution in [0.1, 0.15) is 16.2 Å². The summed E-state index contributed by atoms with van der Waals surface area (Å²) in [6.45, 7) is 1.79. The van der Waals surface area contributed by atoms with Gasteiger partial charge in [0, 0.05) is 29.8 Å². The number of tetrazole rings is 1. The summed E-state index contributed by atoms with van der Waals surface area (Å²) in [5.74, 6) is 0.409. The normalized spacial score (nSPS) is 11.0. The zero-order valence-corrected chi connectivity index (χ0v) is 13.8. The van der Waals surface area contributed by atoms with Crippen molar-refractivity contribution in [1.82, 2.24) is 24.8 Å². The van der Waals surface area contributed by atoms with Gasteiger partial charge in [0.25, 0.3) is 5.91 Å². The van der Waals surface area contributed by atoms with Gasteiger partial charge in [-0.05, 0) is 53.7 Å². The van der Waals surface area contributed by atoms with Gasteiger partial charge >= 0.3 is 0 Å². The van der Waals surface area contributed by atoms with Crippen molar-refractivity contribution in [3.8, 4) is 5.69 Å². The van der Waals surface area contributed by atoms with E-state index < -0.39 is 0 Å². The summed E-state index contributed by atoms with van der Waals surface area (Å²) >= 11 is 0. The van der Waals surface area contributed by atoms with Crippen molar-refractivity contribution in [1.29, 1.82) is 0 Å². The van der Waals surface area contributed by atoms with Crippen LogP contribution < -0.4 is 5.32 Å². The summed E-state index contributed by atoms with van der Waals surface area (Å²) in [6, 6.07) is 15.1. The van der Waals surface area contributed by atoms with E-state index >= 15 is 0 Å². The molecule has 7 heteroatoms. The molecular formula is C18H16N6O. The number of carbonyl (C=O) groups is 1. The minimum absolute atomic E-state index is 0.208. The molecule has 4 aromatic rings. The van der Waals surface area contributed by atoms with Crippen LogP contribution in [0.25, 0.3) is 16.6 Å². The minimum atomic E-state index is -0.208. The molecule has 0 fully saturated rings. The number of carbonyl (C=O) groups excluding carboxylic acids is 1. The predicted octanol–water partition coefficient (Wildman–Crippen LogP) is 2.71. The molecule has 25 heavy (non-hydrogen) atoms. The van der Waals surface area contributed by atoms with Gasteiger partial charge in [0.05, 0.1) is 11.3 Å². The molecule has 0 unspecified atom stereocenters. The number of aryl methyl sites for hydroxylation is 2. The van der Waals surface area contributed by atoms with Crippen LogP contribution in [0.2, 0.25) is 0 Å². The third-order valence-corrected chi connectivity index (χ3v) is 4.15. The Bertz CT molecular complexity index is 1080. The van der Waals surface area contributed by atoms with E-state index in [1.54, 1.807) is 17.7 Å². The molecule has 4 rings (SSSR count). The fourth-order valence-electron chi connectivity index (χ4n) is 2.86. The number of fused-ring (bicyclic) bond motifs is 1. The number of hydrogen-bond donors (Lipinski definition) is 1. The topological polar surface area (TPSA) is 77.6 Å². The van der Waals surface area contributed by atoms with Crippen molar-refractivity contribution in [2.75, 3.05) is 5.32 Å². The summed E-state index contributed by atoms with van der Waals surface area (Å²) in [5.41, 5.74) is 3.00. The summed E-state index contributed by atoms with van der Waals surface area (Å²) < 4.78 is 3.59. The molecule has 0 saturated carbocycles. The second kappa shape index (κ2) is 5.86. The molecule has 0 spiro atoms. The monoisotopic (exact) mass is 332 g/mol. The third-order valence-electron chi connectivity index (χ3n) is 4.15. The van der Waals surface area contributed by atoms with Gasteiger partial charge < -0.3 is 9.88 Å². The molecule has 0 aliphatic heterocycles. The average molecular weight is 332 g/mol. The maximum Gasteiger partial charge on any atom is 0.257 e. The van der Waals surface area contributed by atoms with E-state index in [4.69, 9.17) is 0 Å². The Morgan fingerprint density at radius 3 is 2.76 bits per heavy atom. The second-order valence-electron chi connectivity index (χ2n) is 5.81. The van der Waals surface area contributed by atoms with Gasteiger partial charge in [-0.2, -0.15) is 4.68 Å². The molecule has 2 heterocycles. The number of amides is 1.